The maximum atomic E-state index is 12.3. The van der Waals surface area contributed by atoms with Crippen LogP contribution in [-0.2, 0) is 0 Å². The summed E-state index contributed by atoms with van der Waals surface area (Å²) in [5.74, 6) is 0.278. The van der Waals surface area contributed by atoms with Crippen molar-refractivity contribution in [3.63, 3.8) is 0 Å². The van der Waals surface area contributed by atoms with Gasteiger partial charge in [0.2, 0.25) is 0 Å². The van der Waals surface area contributed by atoms with E-state index in [0.29, 0.717) is 17.0 Å². The lowest BCUT2D eigenvalue weighted by atomic mass is 9.95. The van der Waals surface area contributed by atoms with E-state index < -0.39 is 0 Å². The van der Waals surface area contributed by atoms with Gasteiger partial charge >= 0.3 is 0 Å². The molecule has 1 fully saturated rings. The van der Waals surface area contributed by atoms with Crippen molar-refractivity contribution in [1.29, 1.82) is 0 Å². The fourth-order valence-corrected chi connectivity index (χ4v) is 2.55. The first-order valence-electron chi connectivity index (χ1n) is 6.65. The third kappa shape index (κ3) is 2.38. The van der Waals surface area contributed by atoms with Gasteiger partial charge in [0.25, 0.3) is 5.91 Å². The molecule has 0 aromatic carbocycles. The number of anilines is 1. The standard InChI is InChI=1S/C13H17N5O/c14-11-6-7-18-12(17-11)10(8-15-18)13(19)16-9-4-2-1-3-5-9/h6-9H,1-5H2,(H2,14,17)(H,16,19). The van der Waals surface area contributed by atoms with E-state index in [1.165, 1.54) is 19.3 Å². The van der Waals surface area contributed by atoms with E-state index in [2.05, 4.69) is 15.4 Å². The summed E-state index contributed by atoms with van der Waals surface area (Å²) in [4.78, 5) is 16.4. The van der Waals surface area contributed by atoms with Gasteiger partial charge in [-0.3, -0.25) is 4.79 Å². The van der Waals surface area contributed by atoms with Gasteiger partial charge in [0, 0.05) is 12.2 Å². The van der Waals surface area contributed by atoms with E-state index in [9.17, 15) is 4.79 Å². The van der Waals surface area contributed by atoms with Crippen molar-refractivity contribution in [2.45, 2.75) is 38.1 Å². The molecule has 0 radical (unpaired) electrons. The molecule has 0 atom stereocenters. The number of hydrogen-bond acceptors (Lipinski definition) is 4. The molecular formula is C13H17N5O. The van der Waals surface area contributed by atoms with Crippen LogP contribution in [0.1, 0.15) is 42.5 Å². The van der Waals surface area contributed by atoms with Crippen LogP contribution in [0.25, 0.3) is 5.65 Å². The van der Waals surface area contributed by atoms with Crippen molar-refractivity contribution in [2.24, 2.45) is 0 Å². The third-order valence-electron chi connectivity index (χ3n) is 3.58. The largest absolute Gasteiger partial charge is 0.384 e. The van der Waals surface area contributed by atoms with Crippen LogP contribution in [0, 0.1) is 0 Å². The molecule has 0 unspecified atom stereocenters. The second kappa shape index (κ2) is 4.87. The van der Waals surface area contributed by atoms with Crippen molar-refractivity contribution in [2.75, 3.05) is 5.73 Å². The first-order chi connectivity index (χ1) is 9.24. The highest BCUT2D eigenvalue weighted by Crippen LogP contribution is 2.18. The minimum atomic E-state index is -0.111. The number of nitrogens with two attached hydrogens (primary N) is 1. The van der Waals surface area contributed by atoms with Gasteiger partial charge in [-0.1, -0.05) is 19.3 Å². The Morgan fingerprint density at radius 2 is 2.16 bits per heavy atom. The summed E-state index contributed by atoms with van der Waals surface area (Å²) in [7, 11) is 0. The Kier molecular flexibility index (Phi) is 3.06. The number of aromatic nitrogens is 3. The van der Waals surface area contributed by atoms with Crippen LogP contribution in [0.3, 0.4) is 0 Å². The SMILES string of the molecule is Nc1ccn2ncc(C(=O)NC3CCCCC3)c2n1. The average molecular weight is 259 g/mol. The zero-order chi connectivity index (χ0) is 13.2. The lowest BCUT2D eigenvalue weighted by Gasteiger charge is -2.22. The van der Waals surface area contributed by atoms with Gasteiger partial charge < -0.3 is 11.1 Å². The Labute approximate surface area is 111 Å². The minimum Gasteiger partial charge on any atom is -0.384 e. The van der Waals surface area contributed by atoms with Crippen LogP contribution in [0.2, 0.25) is 0 Å². The summed E-state index contributed by atoms with van der Waals surface area (Å²) in [6.07, 6.45) is 8.99. The van der Waals surface area contributed by atoms with E-state index in [-0.39, 0.29) is 11.9 Å². The molecule has 1 aliphatic rings. The van der Waals surface area contributed by atoms with E-state index in [0.717, 1.165) is 12.8 Å². The van der Waals surface area contributed by atoms with Crippen LogP contribution in [0.15, 0.2) is 18.5 Å². The summed E-state index contributed by atoms with van der Waals surface area (Å²) >= 11 is 0. The van der Waals surface area contributed by atoms with Crippen LogP contribution >= 0.6 is 0 Å². The second-order valence-corrected chi connectivity index (χ2v) is 4.99. The predicted molar refractivity (Wildman–Crippen MR) is 71.7 cm³/mol. The number of rotatable bonds is 2. The Morgan fingerprint density at radius 1 is 1.37 bits per heavy atom. The molecule has 3 rings (SSSR count). The summed E-state index contributed by atoms with van der Waals surface area (Å²) in [5, 5.41) is 7.17. The molecule has 2 aromatic heterocycles. The van der Waals surface area contributed by atoms with Crippen molar-refractivity contribution in [3.05, 3.63) is 24.0 Å². The maximum Gasteiger partial charge on any atom is 0.256 e. The monoisotopic (exact) mass is 259 g/mol. The first kappa shape index (κ1) is 12.0. The predicted octanol–water partition coefficient (Wildman–Crippen LogP) is 1.37. The molecule has 1 aliphatic carbocycles. The molecule has 6 heteroatoms. The molecule has 1 saturated carbocycles. The minimum absolute atomic E-state index is 0.111. The van der Waals surface area contributed by atoms with E-state index in [4.69, 9.17) is 5.73 Å². The number of carbonyl (C=O) groups is 1. The number of fused-ring (bicyclic) bond motifs is 1. The van der Waals surface area contributed by atoms with E-state index >= 15 is 0 Å². The summed E-state index contributed by atoms with van der Waals surface area (Å²) in [5.41, 5.74) is 6.64. The Bertz CT molecular complexity index is 600. The molecule has 19 heavy (non-hydrogen) atoms. The topological polar surface area (TPSA) is 85.3 Å². The summed E-state index contributed by atoms with van der Waals surface area (Å²) in [6.45, 7) is 0. The number of amides is 1. The third-order valence-corrected chi connectivity index (χ3v) is 3.58. The van der Waals surface area contributed by atoms with E-state index in [1.54, 1.807) is 23.0 Å². The molecule has 0 spiro atoms. The zero-order valence-electron chi connectivity index (χ0n) is 10.7. The first-order valence-corrected chi connectivity index (χ1v) is 6.65. The molecule has 0 saturated heterocycles. The molecule has 1 amide bonds. The Balaban J connectivity index is 1.82. The molecule has 3 N–H and O–H groups in total. The summed E-state index contributed by atoms with van der Waals surface area (Å²) in [6, 6.07) is 1.93. The van der Waals surface area contributed by atoms with Crippen LogP contribution in [0.4, 0.5) is 5.82 Å². The maximum absolute atomic E-state index is 12.3. The van der Waals surface area contributed by atoms with Crippen LogP contribution < -0.4 is 11.1 Å². The quantitative estimate of drug-likeness (QED) is 0.853. The highest BCUT2D eigenvalue weighted by molar-refractivity contribution is 5.99. The molecule has 100 valence electrons. The second-order valence-electron chi connectivity index (χ2n) is 4.99. The van der Waals surface area contributed by atoms with Gasteiger partial charge in [0.1, 0.15) is 11.4 Å². The lowest BCUT2D eigenvalue weighted by molar-refractivity contribution is 0.0929. The highest BCUT2D eigenvalue weighted by atomic mass is 16.1. The van der Waals surface area contributed by atoms with Crippen molar-refractivity contribution >= 4 is 17.4 Å². The fourth-order valence-electron chi connectivity index (χ4n) is 2.55. The van der Waals surface area contributed by atoms with Crippen molar-refractivity contribution in [3.8, 4) is 0 Å². The number of hydrogen-bond donors (Lipinski definition) is 2. The van der Waals surface area contributed by atoms with Crippen molar-refractivity contribution in [1.82, 2.24) is 19.9 Å². The molecule has 0 bridgehead atoms. The fraction of sp³-hybridized carbons (Fsp3) is 0.462. The Morgan fingerprint density at radius 3 is 2.95 bits per heavy atom. The number of nitrogen functional groups attached to an aromatic ring is 1. The smallest absolute Gasteiger partial charge is 0.256 e. The Hall–Kier alpha value is -2.11. The highest BCUT2D eigenvalue weighted by Gasteiger charge is 2.19. The normalized spacial score (nSPS) is 16.6. The molecule has 2 aromatic rings. The van der Waals surface area contributed by atoms with Gasteiger partial charge in [-0.05, 0) is 18.9 Å². The number of nitrogens with one attached hydrogen (secondary N) is 1. The van der Waals surface area contributed by atoms with Crippen LogP contribution in [-0.4, -0.2) is 26.5 Å². The van der Waals surface area contributed by atoms with Gasteiger partial charge in [0.05, 0.1) is 6.20 Å². The van der Waals surface area contributed by atoms with Gasteiger partial charge in [-0.15, -0.1) is 0 Å². The number of carbonyl (C=O) groups excluding carboxylic acids is 1. The zero-order valence-corrected chi connectivity index (χ0v) is 10.7. The average Bonchev–Trinajstić information content (AvgIpc) is 2.82. The molecule has 0 aliphatic heterocycles. The van der Waals surface area contributed by atoms with Crippen molar-refractivity contribution < 1.29 is 4.79 Å². The van der Waals surface area contributed by atoms with E-state index in [1.807, 2.05) is 0 Å². The van der Waals surface area contributed by atoms with Gasteiger partial charge in [-0.2, -0.15) is 5.10 Å². The van der Waals surface area contributed by atoms with Gasteiger partial charge in [0.15, 0.2) is 5.65 Å². The van der Waals surface area contributed by atoms with Crippen LogP contribution in [0.5, 0.6) is 0 Å². The molecule has 6 nitrogen and oxygen atoms in total. The molecule has 2 heterocycles. The summed E-state index contributed by atoms with van der Waals surface area (Å²) < 4.78 is 1.56. The van der Waals surface area contributed by atoms with Gasteiger partial charge in [-0.25, -0.2) is 9.50 Å². The lowest BCUT2D eigenvalue weighted by Crippen LogP contribution is -2.36. The number of nitrogens with zero attached hydrogens (tertiary/aromatic N) is 3. The molecular weight excluding hydrogens is 242 g/mol.